The lowest BCUT2D eigenvalue weighted by Gasteiger charge is -2.21. The van der Waals surface area contributed by atoms with Crippen molar-refractivity contribution in [1.29, 1.82) is 0 Å². The molecule has 0 fully saturated rings. The van der Waals surface area contributed by atoms with Gasteiger partial charge in [-0.05, 0) is 32.4 Å². The van der Waals surface area contributed by atoms with Crippen LogP contribution in [-0.2, 0) is 14.9 Å². The van der Waals surface area contributed by atoms with Crippen LogP contribution in [0, 0.1) is 0 Å². The summed E-state index contributed by atoms with van der Waals surface area (Å²) in [6, 6.07) is 7.96. The van der Waals surface area contributed by atoms with Crippen LogP contribution >= 0.6 is 0 Å². The standard InChI is InChI=1S/C14H17NO2/c1-4-17-13(16)14(2,3)11-9-15-12-8-6-5-7-10(11)12/h5-9,15H,4H2,1-3H3. The molecular formula is C14H17NO2. The highest BCUT2D eigenvalue weighted by Gasteiger charge is 2.33. The average Bonchev–Trinajstić information content (AvgIpc) is 2.73. The molecular weight excluding hydrogens is 214 g/mol. The minimum Gasteiger partial charge on any atom is -0.465 e. The van der Waals surface area contributed by atoms with E-state index in [2.05, 4.69) is 4.98 Å². The van der Waals surface area contributed by atoms with Crippen molar-refractivity contribution in [3.63, 3.8) is 0 Å². The van der Waals surface area contributed by atoms with Crippen molar-refractivity contribution in [1.82, 2.24) is 4.98 Å². The molecule has 1 heterocycles. The maximum atomic E-state index is 12.0. The molecule has 0 radical (unpaired) electrons. The molecule has 1 aromatic carbocycles. The molecule has 1 aromatic heterocycles. The molecule has 0 amide bonds. The Kier molecular flexibility index (Phi) is 2.92. The summed E-state index contributed by atoms with van der Waals surface area (Å²) >= 11 is 0. The molecule has 0 aliphatic heterocycles. The summed E-state index contributed by atoms with van der Waals surface area (Å²) < 4.78 is 5.13. The van der Waals surface area contributed by atoms with Crippen molar-refractivity contribution in [3.05, 3.63) is 36.0 Å². The van der Waals surface area contributed by atoms with Crippen LogP contribution in [0.15, 0.2) is 30.5 Å². The van der Waals surface area contributed by atoms with E-state index in [0.29, 0.717) is 6.61 Å². The van der Waals surface area contributed by atoms with Crippen LogP contribution in [0.5, 0.6) is 0 Å². The Balaban J connectivity index is 2.48. The number of rotatable bonds is 3. The van der Waals surface area contributed by atoms with Crippen molar-refractivity contribution in [2.24, 2.45) is 0 Å². The lowest BCUT2D eigenvalue weighted by Crippen LogP contribution is -2.30. The maximum absolute atomic E-state index is 12.0. The summed E-state index contributed by atoms with van der Waals surface area (Å²) in [5.41, 5.74) is 1.39. The molecule has 0 aliphatic carbocycles. The first-order valence-corrected chi connectivity index (χ1v) is 5.81. The first-order chi connectivity index (χ1) is 8.07. The fourth-order valence-corrected chi connectivity index (χ4v) is 2.01. The summed E-state index contributed by atoms with van der Waals surface area (Å²) in [5.74, 6) is -0.190. The molecule has 0 spiro atoms. The molecule has 3 heteroatoms. The number of aromatic nitrogens is 1. The van der Waals surface area contributed by atoms with E-state index in [-0.39, 0.29) is 5.97 Å². The fourth-order valence-electron chi connectivity index (χ4n) is 2.01. The Labute approximate surface area is 101 Å². The Bertz CT molecular complexity index is 540. The number of hydrogen-bond donors (Lipinski definition) is 1. The quantitative estimate of drug-likeness (QED) is 0.825. The first kappa shape index (κ1) is 11.7. The number of H-pyrrole nitrogens is 1. The predicted molar refractivity (Wildman–Crippen MR) is 68.0 cm³/mol. The number of carbonyl (C=O) groups excluding carboxylic acids is 1. The van der Waals surface area contributed by atoms with Crippen molar-refractivity contribution in [2.45, 2.75) is 26.2 Å². The van der Waals surface area contributed by atoms with Gasteiger partial charge in [0.1, 0.15) is 0 Å². The molecule has 3 nitrogen and oxygen atoms in total. The zero-order chi connectivity index (χ0) is 12.5. The van der Waals surface area contributed by atoms with Gasteiger partial charge in [0, 0.05) is 17.1 Å². The largest absolute Gasteiger partial charge is 0.465 e. The lowest BCUT2D eigenvalue weighted by atomic mass is 9.84. The van der Waals surface area contributed by atoms with E-state index in [9.17, 15) is 4.79 Å². The summed E-state index contributed by atoms with van der Waals surface area (Å²) in [7, 11) is 0. The van der Waals surface area contributed by atoms with Gasteiger partial charge >= 0.3 is 5.97 Å². The Morgan fingerprint density at radius 3 is 2.76 bits per heavy atom. The predicted octanol–water partition coefficient (Wildman–Crippen LogP) is 3.01. The normalized spacial score (nSPS) is 11.7. The van der Waals surface area contributed by atoms with E-state index >= 15 is 0 Å². The van der Waals surface area contributed by atoms with Gasteiger partial charge in [0.2, 0.25) is 0 Å². The molecule has 0 saturated heterocycles. The second-order valence-corrected chi connectivity index (χ2v) is 4.59. The Morgan fingerprint density at radius 1 is 1.35 bits per heavy atom. The number of carbonyl (C=O) groups is 1. The Morgan fingerprint density at radius 2 is 2.06 bits per heavy atom. The molecule has 90 valence electrons. The van der Waals surface area contributed by atoms with Gasteiger partial charge < -0.3 is 9.72 Å². The average molecular weight is 231 g/mol. The summed E-state index contributed by atoms with van der Waals surface area (Å²) in [4.78, 5) is 15.2. The third-order valence-electron chi connectivity index (χ3n) is 3.05. The van der Waals surface area contributed by atoms with E-state index in [4.69, 9.17) is 4.74 Å². The molecule has 2 rings (SSSR count). The van der Waals surface area contributed by atoms with Crippen molar-refractivity contribution in [3.8, 4) is 0 Å². The highest BCUT2D eigenvalue weighted by atomic mass is 16.5. The van der Waals surface area contributed by atoms with Crippen molar-refractivity contribution < 1.29 is 9.53 Å². The number of hydrogen-bond acceptors (Lipinski definition) is 2. The molecule has 0 aliphatic rings. The fraction of sp³-hybridized carbons (Fsp3) is 0.357. The molecule has 0 atom stereocenters. The minimum absolute atomic E-state index is 0.190. The molecule has 0 unspecified atom stereocenters. The van der Waals surface area contributed by atoms with Crippen LogP contribution in [0.4, 0.5) is 0 Å². The maximum Gasteiger partial charge on any atom is 0.316 e. The Hall–Kier alpha value is -1.77. The van der Waals surface area contributed by atoms with Crippen LogP contribution in [0.1, 0.15) is 26.3 Å². The molecule has 0 bridgehead atoms. The smallest absolute Gasteiger partial charge is 0.316 e. The zero-order valence-electron chi connectivity index (χ0n) is 10.4. The third kappa shape index (κ3) is 1.93. The van der Waals surface area contributed by atoms with E-state index in [1.807, 2.05) is 51.2 Å². The van der Waals surface area contributed by atoms with Crippen LogP contribution in [0.25, 0.3) is 10.9 Å². The summed E-state index contributed by atoms with van der Waals surface area (Å²) in [6.45, 7) is 6.01. The number of benzene rings is 1. The van der Waals surface area contributed by atoms with Crippen LogP contribution < -0.4 is 0 Å². The number of fused-ring (bicyclic) bond motifs is 1. The van der Waals surface area contributed by atoms with E-state index in [0.717, 1.165) is 16.5 Å². The number of aromatic amines is 1. The van der Waals surface area contributed by atoms with Gasteiger partial charge in [-0.2, -0.15) is 0 Å². The minimum atomic E-state index is -0.629. The monoisotopic (exact) mass is 231 g/mol. The summed E-state index contributed by atoms with van der Waals surface area (Å²) in [5, 5.41) is 1.07. The van der Waals surface area contributed by atoms with Gasteiger partial charge in [-0.15, -0.1) is 0 Å². The summed E-state index contributed by atoms with van der Waals surface area (Å²) in [6.07, 6.45) is 1.89. The van der Waals surface area contributed by atoms with Crippen LogP contribution in [-0.4, -0.2) is 17.6 Å². The van der Waals surface area contributed by atoms with Gasteiger partial charge in [0.25, 0.3) is 0 Å². The number of ether oxygens (including phenoxy) is 1. The topological polar surface area (TPSA) is 42.1 Å². The van der Waals surface area contributed by atoms with Gasteiger partial charge in [-0.3, -0.25) is 4.79 Å². The molecule has 0 saturated carbocycles. The highest BCUT2D eigenvalue weighted by molar-refractivity contribution is 5.92. The van der Waals surface area contributed by atoms with Crippen molar-refractivity contribution in [2.75, 3.05) is 6.61 Å². The van der Waals surface area contributed by atoms with Gasteiger partial charge in [-0.25, -0.2) is 0 Å². The highest BCUT2D eigenvalue weighted by Crippen LogP contribution is 2.31. The van der Waals surface area contributed by atoms with E-state index in [1.54, 1.807) is 0 Å². The molecule has 1 N–H and O–H groups in total. The molecule has 2 aromatic rings. The van der Waals surface area contributed by atoms with Crippen molar-refractivity contribution >= 4 is 16.9 Å². The number of nitrogens with one attached hydrogen (secondary N) is 1. The first-order valence-electron chi connectivity index (χ1n) is 5.81. The zero-order valence-corrected chi connectivity index (χ0v) is 10.4. The second-order valence-electron chi connectivity index (χ2n) is 4.59. The van der Waals surface area contributed by atoms with Crippen LogP contribution in [0.3, 0.4) is 0 Å². The van der Waals surface area contributed by atoms with Gasteiger partial charge in [0.05, 0.1) is 12.0 Å². The number of para-hydroxylation sites is 1. The van der Waals surface area contributed by atoms with Crippen LogP contribution in [0.2, 0.25) is 0 Å². The molecule has 17 heavy (non-hydrogen) atoms. The third-order valence-corrected chi connectivity index (χ3v) is 3.05. The SMILES string of the molecule is CCOC(=O)C(C)(C)c1c[nH]c2ccccc12. The van der Waals surface area contributed by atoms with Gasteiger partial charge in [0.15, 0.2) is 0 Å². The van der Waals surface area contributed by atoms with Gasteiger partial charge in [-0.1, -0.05) is 18.2 Å². The number of esters is 1. The second kappa shape index (κ2) is 4.24. The van der Waals surface area contributed by atoms with E-state index < -0.39 is 5.41 Å². The lowest BCUT2D eigenvalue weighted by molar-refractivity contribution is -0.148. The van der Waals surface area contributed by atoms with E-state index in [1.165, 1.54) is 0 Å².